The minimum Gasteiger partial charge on any atom is -0.354 e. The van der Waals surface area contributed by atoms with E-state index in [1.54, 1.807) is 6.33 Å². The van der Waals surface area contributed by atoms with E-state index in [2.05, 4.69) is 40.5 Å². The van der Waals surface area contributed by atoms with Gasteiger partial charge in [-0.05, 0) is 18.9 Å². The molecule has 2 N–H and O–H groups in total. The predicted octanol–water partition coefficient (Wildman–Crippen LogP) is 0.143. The first-order valence-electron chi connectivity index (χ1n) is 8.76. The largest absolute Gasteiger partial charge is 0.354 e. The lowest BCUT2D eigenvalue weighted by Crippen LogP contribution is -2.37. The molecule has 10 heteroatoms. The van der Waals surface area contributed by atoms with Crippen LogP contribution in [0.3, 0.4) is 0 Å². The maximum Gasteiger partial charge on any atom is 0.230 e. The van der Waals surface area contributed by atoms with Gasteiger partial charge < -0.3 is 14.8 Å². The molecular formula is C16H19N9O. The van der Waals surface area contributed by atoms with Gasteiger partial charge in [0.05, 0.1) is 11.8 Å². The van der Waals surface area contributed by atoms with E-state index in [1.807, 2.05) is 17.2 Å². The Morgan fingerprint density at radius 2 is 2.15 bits per heavy atom. The van der Waals surface area contributed by atoms with E-state index >= 15 is 0 Å². The highest BCUT2D eigenvalue weighted by molar-refractivity contribution is 5.87. The zero-order valence-electron chi connectivity index (χ0n) is 14.2. The molecule has 1 saturated carbocycles. The van der Waals surface area contributed by atoms with Crippen LogP contribution in [-0.4, -0.2) is 72.6 Å². The molecule has 0 aromatic carbocycles. The van der Waals surface area contributed by atoms with Crippen molar-refractivity contribution in [2.75, 3.05) is 31.1 Å². The third-order valence-corrected chi connectivity index (χ3v) is 5.33. The highest BCUT2D eigenvalue weighted by atomic mass is 16.2. The maximum absolute atomic E-state index is 12.7. The van der Waals surface area contributed by atoms with Crippen LogP contribution in [0.2, 0.25) is 0 Å². The Bertz CT molecular complexity index is 930. The normalized spacial score (nSPS) is 19.1. The van der Waals surface area contributed by atoms with Crippen molar-refractivity contribution in [1.82, 2.24) is 40.5 Å². The summed E-state index contributed by atoms with van der Waals surface area (Å²) in [5.41, 5.74) is 1.01. The van der Waals surface area contributed by atoms with E-state index in [-0.39, 0.29) is 17.7 Å². The van der Waals surface area contributed by atoms with Crippen molar-refractivity contribution < 1.29 is 4.79 Å². The monoisotopic (exact) mass is 353 g/mol. The van der Waals surface area contributed by atoms with Crippen LogP contribution in [0.1, 0.15) is 18.7 Å². The van der Waals surface area contributed by atoms with Crippen LogP contribution in [0, 0.1) is 5.41 Å². The number of fused-ring (bicyclic) bond motifs is 1. The summed E-state index contributed by atoms with van der Waals surface area (Å²) in [6.07, 6.45) is 5.93. The third-order valence-electron chi connectivity index (χ3n) is 5.33. The van der Waals surface area contributed by atoms with E-state index in [0.717, 1.165) is 49.3 Å². The summed E-state index contributed by atoms with van der Waals surface area (Å²) in [6, 6.07) is 2.01. The summed E-state index contributed by atoms with van der Waals surface area (Å²) in [5, 5.41) is 14.7. The number of hydrogen-bond donors (Lipinski definition) is 2. The summed E-state index contributed by atoms with van der Waals surface area (Å²) in [7, 11) is 0. The van der Waals surface area contributed by atoms with E-state index in [4.69, 9.17) is 0 Å². The van der Waals surface area contributed by atoms with Crippen molar-refractivity contribution >= 4 is 22.8 Å². The maximum atomic E-state index is 12.7. The van der Waals surface area contributed by atoms with Crippen molar-refractivity contribution in [1.29, 1.82) is 0 Å². The summed E-state index contributed by atoms with van der Waals surface area (Å²) in [5.74, 6) is 1.43. The molecule has 1 saturated heterocycles. The second kappa shape index (κ2) is 5.75. The van der Waals surface area contributed by atoms with Gasteiger partial charge in [-0.15, -0.1) is 10.2 Å². The SMILES string of the molecule is O=C(Cc1nn[nH]n1)N1CCN(c2ncnc3[nH]ccc23)CC2(CC2)C1. The van der Waals surface area contributed by atoms with Crippen LogP contribution in [-0.2, 0) is 11.2 Å². The fraction of sp³-hybridized carbons (Fsp3) is 0.500. The molecule has 26 heavy (non-hydrogen) atoms. The van der Waals surface area contributed by atoms with E-state index in [0.29, 0.717) is 12.4 Å². The Hall–Kier alpha value is -3.04. The summed E-state index contributed by atoms with van der Waals surface area (Å²) in [6.45, 7) is 3.10. The second-order valence-electron chi connectivity index (χ2n) is 7.18. The number of H-pyrrole nitrogens is 2. The predicted molar refractivity (Wildman–Crippen MR) is 92.2 cm³/mol. The van der Waals surface area contributed by atoms with Gasteiger partial charge in [0.2, 0.25) is 5.91 Å². The molecule has 3 aromatic rings. The Labute approximate surface area is 149 Å². The summed E-state index contributed by atoms with van der Waals surface area (Å²) < 4.78 is 0. The van der Waals surface area contributed by atoms with Gasteiger partial charge in [-0.3, -0.25) is 4.79 Å². The molecule has 1 aliphatic carbocycles. The molecule has 0 unspecified atom stereocenters. The molecule has 0 atom stereocenters. The first kappa shape index (κ1) is 15.2. The van der Waals surface area contributed by atoms with Gasteiger partial charge in [0.1, 0.15) is 17.8 Å². The number of nitrogens with zero attached hydrogens (tertiary/aromatic N) is 7. The lowest BCUT2D eigenvalue weighted by Gasteiger charge is -2.25. The second-order valence-corrected chi connectivity index (χ2v) is 7.18. The van der Waals surface area contributed by atoms with E-state index in [9.17, 15) is 4.79 Å². The quantitative estimate of drug-likeness (QED) is 0.687. The molecular weight excluding hydrogens is 334 g/mol. The molecule has 2 aliphatic rings. The highest BCUT2D eigenvalue weighted by Gasteiger charge is 2.48. The Kier molecular flexibility index (Phi) is 3.37. The zero-order chi connectivity index (χ0) is 17.6. The van der Waals surface area contributed by atoms with Crippen molar-refractivity contribution in [2.24, 2.45) is 5.41 Å². The molecule has 134 valence electrons. The summed E-state index contributed by atoms with van der Waals surface area (Å²) in [4.78, 5) is 28.9. The number of aromatic amines is 2. The molecule has 10 nitrogen and oxygen atoms in total. The van der Waals surface area contributed by atoms with Gasteiger partial charge in [0.25, 0.3) is 0 Å². The number of nitrogens with one attached hydrogen (secondary N) is 2. The fourth-order valence-electron chi connectivity index (χ4n) is 3.76. The highest BCUT2D eigenvalue weighted by Crippen LogP contribution is 2.48. The number of hydrogen-bond acceptors (Lipinski definition) is 7. The first-order chi connectivity index (χ1) is 12.7. The fourth-order valence-corrected chi connectivity index (χ4v) is 3.76. The molecule has 0 bridgehead atoms. The van der Waals surface area contributed by atoms with Crippen LogP contribution in [0.25, 0.3) is 11.0 Å². The standard InChI is InChI=1S/C16H19N9O/c26-13(7-12-20-22-23-21-12)24-5-6-25(9-16(8-24)2-3-16)15-11-1-4-17-14(11)18-10-19-15/h1,4,10H,2-3,5-9H2,(H,17,18,19)(H,20,21,22,23). The van der Waals surface area contributed by atoms with E-state index in [1.165, 1.54) is 0 Å². The minimum absolute atomic E-state index is 0.0500. The van der Waals surface area contributed by atoms with Crippen LogP contribution < -0.4 is 4.90 Å². The number of tetrazole rings is 1. The number of rotatable bonds is 3. The van der Waals surface area contributed by atoms with Gasteiger partial charge >= 0.3 is 0 Å². The van der Waals surface area contributed by atoms with Crippen molar-refractivity contribution in [3.05, 3.63) is 24.4 Å². The average molecular weight is 353 g/mol. The number of anilines is 1. The van der Waals surface area contributed by atoms with Crippen LogP contribution in [0.5, 0.6) is 0 Å². The third kappa shape index (κ3) is 2.67. The molecule has 5 rings (SSSR count). The number of amides is 1. The Morgan fingerprint density at radius 3 is 2.96 bits per heavy atom. The molecule has 1 aliphatic heterocycles. The van der Waals surface area contributed by atoms with Gasteiger partial charge in [-0.1, -0.05) is 5.21 Å². The van der Waals surface area contributed by atoms with Crippen LogP contribution >= 0.6 is 0 Å². The van der Waals surface area contributed by atoms with Gasteiger partial charge in [0, 0.05) is 37.8 Å². The zero-order valence-corrected chi connectivity index (χ0v) is 14.2. The Morgan fingerprint density at radius 1 is 1.23 bits per heavy atom. The molecule has 2 fully saturated rings. The number of carbonyl (C=O) groups excluding carboxylic acids is 1. The van der Waals surface area contributed by atoms with Crippen molar-refractivity contribution in [3.8, 4) is 0 Å². The number of carbonyl (C=O) groups is 1. The van der Waals surface area contributed by atoms with E-state index < -0.39 is 0 Å². The first-order valence-corrected chi connectivity index (χ1v) is 8.76. The molecule has 4 heterocycles. The van der Waals surface area contributed by atoms with Crippen molar-refractivity contribution in [2.45, 2.75) is 19.3 Å². The molecule has 1 spiro atoms. The summed E-state index contributed by atoms with van der Waals surface area (Å²) >= 11 is 0. The van der Waals surface area contributed by atoms with Crippen LogP contribution in [0.4, 0.5) is 5.82 Å². The van der Waals surface area contributed by atoms with Gasteiger partial charge in [-0.2, -0.15) is 5.21 Å². The molecule has 0 radical (unpaired) electrons. The molecule has 3 aromatic heterocycles. The number of aromatic nitrogens is 7. The Balaban J connectivity index is 1.39. The van der Waals surface area contributed by atoms with Crippen LogP contribution in [0.15, 0.2) is 18.6 Å². The molecule has 1 amide bonds. The van der Waals surface area contributed by atoms with Gasteiger partial charge in [0.15, 0.2) is 5.82 Å². The smallest absolute Gasteiger partial charge is 0.230 e. The van der Waals surface area contributed by atoms with Crippen molar-refractivity contribution in [3.63, 3.8) is 0 Å². The topological polar surface area (TPSA) is 120 Å². The lowest BCUT2D eigenvalue weighted by atomic mass is 10.1. The van der Waals surface area contributed by atoms with Gasteiger partial charge in [-0.25, -0.2) is 9.97 Å². The minimum atomic E-state index is 0.0500. The average Bonchev–Trinajstić information content (AvgIpc) is 3.04. The lowest BCUT2D eigenvalue weighted by molar-refractivity contribution is -0.131.